The Morgan fingerprint density at radius 2 is 1.85 bits per heavy atom. The van der Waals surface area contributed by atoms with Crippen LogP contribution in [0.5, 0.6) is 0 Å². The molecule has 0 aliphatic heterocycles. The van der Waals surface area contributed by atoms with E-state index < -0.39 is 0 Å². The number of rotatable bonds is 5. The SMILES string of the molecule is C=C(C(=O)N(CC)CC)C(N)CC. The van der Waals surface area contributed by atoms with Crippen LogP contribution in [0.4, 0.5) is 0 Å². The topological polar surface area (TPSA) is 46.3 Å². The summed E-state index contributed by atoms with van der Waals surface area (Å²) >= 11 is 0. The lowest BCUT2D eigenvalue weighted by Crippen LogP contribution is -2.37. The van der Waals surface area contributed by atoms with E-state index in [0.717, 1.165) is 6.42 Å². The summed E-state index contributed by atoms with van der Waals surface area (Å²) in [6, 6.07) is -0.201. The summed E-state index contributed by atoms with van der Waals surface area (Å²) in [7, 11) is 0. The third kappa shape index (κ3) is 3.19. The van der Waals surface area contributed by atoms with Crippen molar-refractivity contribution in [1.29, 1.82) is 0 Å². The molecule has 0 spiro atoms. The van der Waals surface area contributed by atoms with Gasteiger partial charge in [0.05, 0.1) is 0 Å². The number of hydrogen-bond acceptors (Lipinski definition) is 2. The quantitative estimate of drug-likeness (QED) is 0.651. The van der Waals surface area contributed by atoms with Gasteiger partial charge >= 0.3 is 0 Å². The van der Waals surface area contributed by atoms with Crippen molar-refractivity contribution in [1.82, 2.24) is 4.90 Å². The van der Waals surface area contributed by atoms with Crippen LogP contribution in [0.15, 0.2) is 12.2 Å². The molecule has 1 amide bonds. The molecule has 0 aromatic heterocycles. The van der Waals surface area contributed by atoms with E-state index >= 15 is 0 Å². The molecule has 0 rings (SSSR count). The van der Waals surface area contributed by atoms with Gasteiger partial charge in [0.15, 0.2) is 0 Å². The normalized spacial score (nSPS) is 12.3. The maximum Gasteiger partial charge on any atom is 0.250 e. The minimum atomic E-state index is -0.201. The van der Waals surface area contributed by atoms with Gasteiger partial charge in [0.25, 0.3) is 5.91 Å². The molecule has 0 aromatic rings. The third-order valence-corrected chi connectivity index (χ3v) is 2.21. The molecule has 1 unspecified atom stereocenters. The van der Waals surface area contributed by atoms with Crippen LogP contribution in [-0.4, -0.2) is 29.9 Å². The van der Waals surface area contributed by atoms with Crippen molar-refractivity contribution in [2.24, 2.45) is 5.73 Å². The summed E-state index contributed by atoms with van der Waals surface area (Å²) in [5.41, 5.74) is 6.24. The monoisotopic (exact) mass is 184 g/mol. The first-order chi connectivity index (χ1) is 6.08. The summed E-state index contributed by atoms with van der Waals surface area (Å²) in [5.74, 6) is -0.0145. The lowest BCUT2D eigenvalue weighted by molar-refractivity contribution is -0.127. The van der Waals surface area contributed by atoms with Gasteiger partial charge in [-0.05, 0) is 20.3 Å². The number of hydrogen-bond donors (Lipinski definition) is 1. The highest BCUT2D eigenvalue weighted by Crippen LogP contribution is 2.05. The second kappa shape index (κ2) is 5.75. The van der Waals surface area contributed by atoms with Crippen LogP contribution in [0, 0.1) is 0 Å². The molecule has 76 valence electrons. The van der Waals surface area contributed by atoms with E-state index in [4.69, 9.17) is 5.73 Å². The molecular formula is C10H20N2O. The van der Waals surface area contributed by atoms with E-state index in [9.17, 15) is 4.79 Å². The van der Waals surface area contributed by atoms with Crippen molar-refractivity contribution in [3.8, 4) is 0 Å². The molecule has 3 heteroatoms. The van der Waals surface area contributed by atoms with Crippen molar-refractivity contribution < 1.29 is 4.79 Å². The maximum absolute atomic E-state index is 11.7. The lowest BCUT2D eigenvalue weighted by Gasteiger charge is -2.22. The lowest BCUT2D eigenvalue weighted by atomic mass is 10.1. The van der Waals surface area contributed by atoms with Gasteiger partial charge in [0.1, 0.15) is 0 Å². The minimum Gasteiger partial charge on any atom is -0.339 e. The molecule has 2 N–H and O–H groups in total. The first-order valence-corrected chi connectivity index (χ1v) is 4.82. The molecule has 0 saturated heterocycles. The van der Waals surface area contributed by atoms with Gasteiger partial charge < -0.3 is 10.6 Å². The van der Waals surface area contributed by atoms with Crippen LogP contribution < -0.4 is 5.73 Å². The van der Waals surface area contributed by atoms with Crippen LogP contribution in [0.25, 0.3) is 0 Å². The van der Waals surface area contributed by atoms with E-state index in [2.05, 4.69) is 6.58 Å². The predicted octanol–water partition coefficient (Wildman–Crippen LogP) is 1.15. The van der Waals surface area contributed by atoms with Gasteiger partial charge in [-0.15, -0.1) is 0 Å². The molecule has 1 atom stereocenters. The van der Waals surface area contributed by atoms with Crippen molar-refractivity contribution in [3.63, 3.8) is 0 Å². The zero-order valence-electron chi connectivity index (χ0n) is 8.84. The number of carbonyl (C=O) groups excluding carboxylic acids is 1. The molecule has 0 fully saturated rings. The van der Waals surface area contributed by atoms with Gasteiger partial charge in [-0.1, -0.05) is 13.5 Å². The molecule has 0 aliphatic rings. The first-order valence-electron chi connectivity index (χ1n) is 4.82. The van der Waals surface area contributed by atoms with Crippen molar-refractivity contribution in [3.05, 3.63) is 12.2 Å². The van der Waals surface area contributed by atoms with E-state index in [1.54, 1.807) is 4.90 Å². The zero-order valence-corrected chi connectivity index (χ0v) is 8.84. The van der Waals surface area contributed by atoms with E-state index in [1.165, 1.54) is 0 Å². The summed E-state index contributed by atoms with van der Waals surface area (Å²) in [6.07, 6.45) is 0.756. The third-order valence-electron chi connectivity index (χ3n) is 2.21. The van der Waals surface area contributed by atoms with Gasteiger partial charge in [-0.2, -0.15) is 0 Å². The summed E-state index contributed by atoms with van der Waals surface area (Å²) in [4.78, 5) is 13.4. The minimum absolute atomic E-state index is 0.0145. The van der Waals surface area contributed by atoms with Crippen LogP contribution in [0.2, 0.25) is 0 Å². The van der Waals surface area contributed by atoms with E-state index in [1.807, 2.05) is 20.8 Å². The van der Waals surface area contributed by atoms with Crippen molar-refractivity contribution in [2.45, 2.75) is 33.2 Å². The highest BCUT2D eigenvalue weighted by molar-refractivity contribution is 5.93. The van der Waals surface area contributed by atoms with Gasteiger partial charge in [-0.3, -0.25) is 4.79 Å². The fourth-order valence-electron chi connectivity index (χ4n) is 1.12. The molecule has 0 bridgehead atoms. The highest BCUT2D eigenvalue weighted by Gasteiger charge is 2.17. The zero-order chi connectivity index (χ0) is 10.4. The Labute approximate surface area is 80.6 Å². The molecule has 0 heterocycles. The van der Waals surface area contributed by atoms with Crippen LogP contribution >= 0.6 is 0 Å². The standard InChI is InChI=1S/C10H20N2O/c1-5-9(11)8(4)10(13)12(6-2)7-3/h9H,4-7,11H2,1-3H3. The summed E-state index contributed by atoms with van der Waals surface area (Å²) < 4.78 is 0. The fourth-order valence-corrected chi connectivity index (χ4v) is 1.12. The average molecular weight is 184 g/mol. The number of likely N-dealkylation sites (N-methyl/N-ethyl adjacent to an activating group) is 1. The summed E-state index contributed by atoms with van der Waals surface area (Å²) in [6.45, 7) is 11.0. The number of nitrogens with two attached hydrogens (primary N) is 1. The van der Waals surface area contributed by atoms with Gasteiger partial charge in [0.2, 0.25) is 0 Å². The van der Waals surface area contributed by atoms with Crippen LogP contribution in [0.1, 0.15) is 27.2 Å². The Kier molecular flexibility index (Phi) is 5.39. The van der Waals surface area contributed by atoms with Gasteiger partial charge in [-0.25, -0.2) is 0 Å². The van der Waals surface area contributed by atoms with E-state index in [-0.39, 0.29) is 11.9 Å². The Bertz CT molecular complexity index is 185. The van der Waals surface area contributed by atoms with Crippen molar-refractivity contribution >= 4 is 5.91 Å². The fraction of sp³-hybridized carbons (Fsp3) is 0.700. The van der Waals surface area contributed by atoms with Crippen LogP contribution in [0.3, 0.4) is 0 Å². The van der Waals surface area contributed by atoms with Gasteiger partial charge in [0, 0.05) is 24.7 Å². The smallest absolute Gasteiger partial charge is 0.250 e. The van der Waals surface area contributed by atoms with E-state index in [0.29, 0.717) is 18.7 Å². The summed E-state index contributed by atoms with van der Waals surface area (Å²) in [5, 5.41) is 0. The average Bonchev–Trinajstić information content (AvgIpc) is 2.17. The Morgan fingerprint density at radius 1 is 1.38 bits per heavy atom. The predicted molar refractivity (Wildman–Crippen MR) is 55.3 cm³/mol. The Hall–Kier alpha value is -0.830. The molecular weight excluding hydrogens is 164 g/mol. The molecule has 0 radical (unpaired) electrons. The molecule has 0 aliphatic carbocycles. The molecule has 0 saturated carbocycles. The van der Waals surface area contributed by atoms with Crippen molar-refractivity contribution in [2.75, 3.05) is 13.1 Å². The molecule has 13 heavy (non-hydrogen) atoms. The number of nitrogens with zero attached hydrogens (tertiary/aromatic N) is 1. The second-order valence-electron chi connectivity index (χ2n) is 3.02. The molecule has 0 aromatic carbocycles. The first kappa shape index (κ1) is 12.2. The second-order valence-corrected chi connectivity index (χ2v) is 3.02. The largest absolute Gasteiger partial charge is 0.339 e. The number of amides is 1. The number of carbonyl (C=O) groups is 1. The Balaban J connectivity index is 4.32. The molecule has 3 nitrogen and oxygen atoms in total. The highest BCUT2D eigenvalue weighted by atomic mass is 16.2. The Morgan fingerprint density at radius 3 is 2.15 bits per heavy atom. The van der Waals surface area contributed by atoms with Crippen LogP contribution in [-0.2, 0) is 4.79 Å². The maximum atomic E-state index is 11.7.